The summed E-state index contributed by atoms with van der Waals surface area (Å²) in [4.78, 5) is 14.2. The second-order valence-electron chi connectivity index (χ2n) is 6.27. The molecule has 1 fully saturated rings. The molecule has 1 aliphatic heterocycles. The van der Waals surface area contributed by atoms with E-state index in [9.17, 15) is 14.3 Å². The number of carbonyl (C=O) groups is 1. The van der Waals surface area contributed by atoms with Gasteiger partial charge >= 0.3 is 0 Å². The minimum atomic E-state index is -0.466. The third-order valence-corrected chi connectivity index (χ3v) is 4.51. The number of likely N-dealkylation sites (tertiary alicyclic amines) is 1. The first-order valence-electron chi connectivity index (χ1n) is 8.21. The minimum absolute atomic E-state index is 0.0440. The van der Waals surface area contributed by atoms with E-state index in [0.717, 1.165) is 5.56 Å². The van der Waals surface area contributed by atoms with Gasteiger partial charge in [-0.2, -0.15) is 0 Å². The van der Waals surface area contributed by atoms with E-state index in [1.807, 2.05) is 6.07 Å². The Kier molecular flexibility index (Phi) is 5.25. The molecule has 2 aromatic rings. The molecule has 1 N–H and O–H groups in total. The highest BCUT2D eigenvalue weighted by Gasteiger charge is 2.30. The lowest BCUT2D eigenvalue weighted by atomic mass is 9.88. The third kappa shape index (κ3) is 4.20. The van der Waals surface area contributed by atoms with Crippen molar-refractivity contribution in [3.05, 3.63) is 53.7 Å². The van der Waals surface area contributed by atoms with Crippen LogP contribution in [0.2, 0.25) is 0 Å². The van der Waals surface area contributed by atoms with Gasteiger partial charge in [0, 0.05) is 37.9 Å². The number of benzene rings is 1. The molecule has 1 aliphatic rings. The smallest absolute Gasteiger partial charge is 0.223 e. The van der Waals surface area contributed by atoms with E-state index >= 15 is 0 Å². The Bertz CT molecular complexity index is 675. The number of aliphatic hydroxyl groups is 1. The van der Waals surface area contributed by atoms with Crippen molar-refractivity contribution in [3.63, 3.8) is 0 Å². The maximum Gasteiger partial charge on any atom is 0.223 e. The normalized spacial score (nSPS) is 21.0. The summed E-state index contributed by atoms with van der Waals surface area (Å²) in [5, 5.41) is 13.8. The van der Waals surface area contributed by atoms with E-state index in [-0.39, 0.29) is 17.6 Å². The van der Waals surface area contributed by atoms with Crippen molar-refractivity contribution in [3.8, 4) is 0 Å². The van der Waals surface area contributed by atoms with Crippen molar-refractivity contribution in [1.82, 2.24) is 10.1 Å². The summed E-state index contributed by atoms with van der Waals surface area (Å²) in [5.41, 5.74) is 0.843. The van der Waals surface area contributed by atoms with Crippen molar-refractivity contribution >= 4 is 5.91 Å². The van der Waals surface area contributed by atoms with Crippen LogP contribution < -0.4 is 0 Å². The molecule has 128 valence electrons. The summed E-state index contributed by atoms with van der Waals surface area (Å²) in [6.45, 7) is 1.04. The summed E-state index contributed by atoms with van der Waals surface area (Å²) in [7, 11) is 0. The van der Waals surface area contributed by atoms with E-state index in [4.69, 9.17) is 4.52 Å². The number of aromatic nitrogens is 1. The quantitative estimate of drug-likeness (QED) is 0.911. The van der Waals surface area contributed by atoms with Crippen LogP contribution in [-0.2, 0) is 17.6 Å². The number of rotatable bonds is 5. The molecular formula is C18H21FN2O3. The van der Waals surface area contributed by atoms with Crippen LogP contribution in [0.3, 0.4) is 0 Å². The number of aliphatic hydroxyl groups excluding tert-OH is 1. The zero-order chi connectivity index (χ0) is 16.9. The Balaban J connectivity index is 1.57. The number of amides is 1. The molecule has 1 aromatic heterocycles. The molecule has 6 heteroatoms. The van der Waals surface area contributed by atoms with E-state index in [1.54, 1.807) is 23.2 Å². The van der Waals surface area contributed by atoms with Crippen LogP contribution >= 0.6 is 0 Å². The Morgan fingerprint density at radius 1 is 1.42 bits per heavy atom. The molecule has 1 amide bonds. The third-order valence-electron chi connectivity index (χ3n) is 4.51. The highest BCUT2D eigenvalue weighted by Crippen LogP contribution is 2.22. The van der Waals surface area contributed by atoms with Gasteiger partial charge in [0.05, 0.1) is 12.3 Å². The van der Waals surface area contributed by atoms with Gasteiger partial charge in [-0.3, -0.25) is 4.79 Å². The largest absolute Gasteiger partial charge is 0.393 e. The summed E-state index contributed by atoms with van der Waals surface area (Å²) in [6.07, 6.45) is 3.08. The molecule has 2 atom stereocenters. The fourth-order valence-corrected chi connectivity index (χ4v) is 3.17. The first-order chi connectivity index (χ1) is 11.6. The van der Waals surface area contributed by atoms with Gasteiger partial charge in [-0.05, 0) is 30.5 Å². The first-order valence-corrected chi connectivity index (χ1v) is 8.21. The van der Waals surface area contributed by atoms with E-state index < -0.39 is 6.10 Å². The number of carbonyl (C=O) groups excluding carboxylic acids is 1. The molecule has 5 nitrogen and oxygen atoms in total. The highest BCUT2D eigenvalue weighted by atomic mass is 19.1. The lowest BCUT2D eigenvalue weighted by Gasteiger charge is -2.36. The van der Waals surface area contributed by atoms with Crippen LogP contribution in [0.15, 0.2) is 41.1 Å². The standard InChI is InChI=1S/C18H21FN2O3/c19-15-3-1-2-13(11-15)10-14-12-21(9-7-17(14)22)18(23)5-4-16-6-8-20-24-16/h1-3,6,8,11,14,17,22H,4-5,7,9-10,12H2/t14-,17+/m1/s1. The van der Waals surface area contributed by atoms with Crippen LogP contribution in [0.1, 0.15) is 24.2 Å². The molecule has 0 saturated carbocycles. The Morgan fingerprint density at radius 2 is 2.29 bits per heavy atom. The summed E-state index contributed by atoms with van der Waals surface area (Å²) in [5.74, 6) is 0.381. The summed E-state index contributed by atoms with van der Waals surface area (Å²) in [6, 6.07) is 8.15. The molecule has 24 heavy (non-hydrogen) atoms. The van der Waals surface area contributed by atoms with E-state index in [0.29, 0.717) is 44.5 Å². The predicted octanol–water partition coefficient (Wildman–Crippen LogP) is 2.20. The van der Waals surface area contributed by atoms with Crippen LogP contribution in [0.25, 0.3) is 0 Å². The van der Waals surface area contributed by atoms with Crippen molar-refractivity contribution in [2.75, 3.05) is 13.1 Å². The summed E-state index contributed by atoms with van der Waals surface area (Å²) < 4.78 is 18.3. The maximum atomic E-state index is 13.3. The van der Waals surface area contributed by atoms with Crippen LogP contribution in [0, 0.1) is 11.7 Å². The van der Waals surface area contributed by atoms with Crippen LogP contribution in [0.5, 0.6) is 0 Å². The average molecular weight is 332 g/mol. The van der Waals surface area contributed by atoms with Gasteiger partial charge < -0.3 is 14.5 Å². The second kappa shape index (κ2) is 7.57. The number of piperidine rings is 1. The summed E-state index contributed by atoms with van der Waals surface area (Å²) >= 11 is 0. The molecule has 3 rings (SSSR count). The van der Waals surface area contributed by atoms with Crippen molar-refractivity contribution in [1.29, 1.82) is 0 Å². The van der Waals surface area contributed by atoms with Crippen molar-refractivity contribution in [2.45, 2.75) is 31.8 Å². The van der Waals surface area contributed by atoms with Crippen molar-refractivity contribution < 1.29 is 18.8 Å². The average Bonchev–Trinajstić information content (AvgIpc) is 3.08. The zero-order valence-electron chi connectivity index (χ0n) is 13.4. The van der Waals surface area contributed by atoms with Gasteiger partial charge in [0.15, 0.2) is 0 Å². The number of aryl methyl sites for hydroxylation is 1. The monoisotopic (exact) mass is 332 g/mol. The van der Waals surface area contributed by atoms with Gasteiger partial charge in [0.2, 0.25) is 5.91 Å². The van der Waals surface area contributed by atoms with Gasteiger partial charge in [-0.1, -0.05) is 17.3 Å². The predicted molar refractivity (Wildman–Crippen MR) is 85.6 cm³/mol. The van der Waals surface area contributed by atoms with Gasteiger partial charge in [-0.15, -0.1) is 0 Å². The number of hydrogen-bond donors (Lipinski definition) is 1. The highest BCUT2D eigenvalue weighted by molar-refractivity contribution is 5.76. The molecule has 2 heterocycles. The minimum Gasteiger partial charge on any atom is -0.393 e. The van der Waals surface area contributed by atoms with Gasteiger partial charge in [-0.25, -0.2) is 4.39 Å². The fraction of sp³-hybridized carbons (Fsp3) is 0.444. The second-order valence-corrected chi connectivity index (χ2v) is 6.27. The topological polar surface area (TPSA) is 66.6 Å². The van der Waals surface area contributed by atoms with E-state index in [2.05, 4.69) is 5.16 Å². The molecule has 0 spiro atoms. The fourth-order valence-electron chi connectivity index (χ4n) is 3.17. The number of halogens is 1. The number of hydrogen-bond acceptors (Lipinski definition) is 4. The van der Waals surface area contributed by atoms with Gasteiger partial charge in [0.1, 0.15) is 11.6 Å². The molecule has 0 aliphatic carbocycles. The van der Waals surface area contributed by atoms with Gasteiger partial charge in [0.25, 0.3) is 0 Å². The molecule has 0 radical (unpaired) electrons. The van der Waals surface area contributed by atoms with E-state index in [1.165, 1.54) is 12.1 Å². The lowest BCUT2D eigenvalue weighted by molar-refractivity contribution is -0.135. The SMILES string of the molecule is O=C(CCc1ccno1)N1CC[C@H](O)[C@H](Cc2cccc(F)c2)C1. The molecule has 1 aromatic carbocycles. The zero-order valence-corrected chi connectivity index (χ0v) is 13.4. The number of nitrogens with zero attached hydrogens (tertiary/aromatic N) is 2. The Labute approximate surface area is 140 Å². The molecular weight excluding hydrogens is 311 g/mol. The first kappa shape index (κ1) is 16.6. The molecule has 1 saturated heterocycles. The molecule has 0 bridgehead atoms. The lowest BCUT2D eigenvalue weighted by Crippen LogP contribution is -2.46. The molecule has 0 unspecified atom stereocenters. The Morgan fingerprint density at radius 3 is 3.04 bits per heavy atom. The van der Waals surface area contributed by atoms with Crippen molar-refractivity contribution in [2.24, 2.45) is 5.92 Å². The van der Waals surface area contributed by atoms with Crippen LogP contribution in [0.4, 0.5) is 4.39 Å². The maximum absolute atomic E-state index is 13.3. The Hall–Kier alpha value is -2.21. The van der Waals surface area contributed by atoms with Crippen LogP contribution in [-0.4, -0.2) is 40.3 Å².